The average molecular weight is 377 g/mol. The molecule has 0 N–H and O–H groups in total. The van der Waals surface area contributed by atoms with E-state index in [1.165, 1.54) is 21.9 Å². The molecular weight excluding hydrogens is 360 g/mol. The van der Waals surface area contributed by atoms with Crippen molar-refractivity contribution in [3.8, 4) is 5.75 Å². The molecule has 3 aromatic carbocycles. The standard InChI is InChI=1S/C22H17BrO/c1-14(2)22-19(13-15-7-10-17(23)11-8-15)21-18-6-4-3-5-16(18)9-12-20(21)24-22/h3-13,22H,1H2,2H3/b19-13-/t22-/m0/s1. The van der Waals surface area contributed by atoms with E-state index < -0.39 is 0 Å². The summed E-state index contributed by atoms with van der Waals surface area (Å²) in [4.78, 5) is 0. The molecule has 0 spiro atoms. The summed E-state index contributed by atoms with van der Waals surface area (Å²) in [6.45, 7) is 6.15. The van der Waals surface area contributed by atoms with E-state index in [2.05, 4.69) is 89.2 Å². The van der Waals surface area contributed by atoms with E-state index in [4.69, 9.17) is 4.74 Å². The minimum absolute atomic E-state index is 0.102. The number of benzene rings is 3. The van der Waals surface area contributed by atoms with Crippen molar-refractivity contribution >= 4 is 38.4 Å². The summed E-state index contributed by atoms with van der Waals surface area (Å²) >= 11 is 3.49. The van der Waals surface area contributed by atoms with E-state index in [0.29, 0.717) is 0 Å². The lowest BCUT2D eigenvalue weighted by molar-refractivity contribution is 0.312. The van der Waals surface area contributed by atoms with Gasteiger partial charge in [0, 0.05) is 15.6 Å². The average Bonchev–Trinajstić information content (AvgIpc) is 2.96. The Morgan fingerprint density at radius 3 is 2.54 bits per heavy atom. The van der Waals surface area contributed by atoms with Gasteiger partial charge in [-0.25, -0.2) is 0 Å². The summed E-state index contributed by atoms with van der Waals surface area (Å²) < 4.78 is 7.29. The van der Waals surface area contributed by atoms with Crippen LogP contribution in [0.1, 0.15) is 18.1 Å². The van der Waals surface area contributed by atoms with Crippen LogP contribution in [0, 0.1) is 0 Å². The third-order valence-electron chi connectivity index (χ3n) is 4.35. The second-order valence-electron chi connectivity index (χ2n) is 6.16. The van der Waals surface area contributed by atoms with E-state index in [1.807, 2.05) is 6.92 Å². The van der Waals surface area contributed by atoms with Crippen molar-refractivity contribution < 1.29 is 4.74 Å². The number of hydrogen-bond acceptors (Lipinski definition) is 1. The van der Waals surface area contributed by atoms with Gasteiger partial charge in [0.1, 0.15) is 11.9 Å². The maximum Gasteiger partial charge on any atom is 0.145 e. The zero-order valence-corrected chi connectivity index (χ0v) is 15.0. The number of fused-ring (bicyclic) bond motifs is 3. The van der Waals surface area contributed by atoms with Crippen LogP contribution in [0.2, 0.25) is 0 Å². The third kappa shape index (κ3) is 2.57. The zero-order chi connectivity index (χ0) is 16.7. The van der Waals surface area contributed by atoms with Gasteiger partial charge in [0.25, 0.3) is 0 Å². The highest BCUT2D eigenvalue weighted by Crippen LogP contribution is 2.44. The number of ether oxygens (including phenoxy) is 1. The maximum absolute atomic E-state index is 6.21. The quantitative estimate of drug-likeness (QED) is 0.465. The molecule has 0 radical (unpaired) electrons. The van der Waals surface area contributed by atoms with Gasteiger partial charge in [-0.2, -0.15) is 0 Å². The Hall–Kier alpha value is -2.32. The lowest BCUT2D eigenvalue weighted by Gasteiger charge is -2.12. The highest BCUT2D eigenvalue weighted by Gasteiger charge is 2.30. The van der Waals surface area contributed by atoms with Gasteiger partial charge in [-0.3, -0.25) is 0 Å². The molecule has 3 aromatic rings. The Kier molecular flexibility index (Phi) is 3.78. The molecule has 24 heavy (non-hydrogen) atoms. The fourth-order valence-electron chi connectivity index (χ4n) is 3.22. The Morgan fingerprint density at radius 2 is 1.79 bits per heavy atom. The molecular formula is C22H17BrO. The molecule has 2 heteroatoms. The Morgan fingerprint density at radius 1 is 1.04 bits per heavy atom. The molecule has 0 amide bonds. The lowest BCUT2D eigenvalue weighted by atomic mass is 9.92. The molecule has 0 saturated heterocycles. The molecule has 1 nitrogen and oxygen atoms in total. The van der Waals surface area contributed by atoms with Crippen molar-refractivity contribution in [2.24, 2.45) is 0 Å². The van der Waals surface area contributed by atoms with Gasteiger partial charge < -0.3 is 4.74 Å². The summed E-state index contributed by atoms with van der Waals surface area (Å²) in [6.07, 6.45) is 2.11. The van der Waals surface area contributed by atoms with Gasteiger partial charge in [0.15, 0.2) is 0 Å². The largest absolute Gasteiger partial charge is 0.481 e. The summed E-state index contributed by atoms with van der Waals surface area (Å²) in [5.41, 5.74) is 4.53. The highest BCUT2D eigenvalue weighted by molar-refractivity contribution is 9.10. The van der Waals surface area contributed by atoms with Crippen molar-refractivity contribution in [2.45, 2.75) is 13.0 Å². The molecule has 0 saturated carbocycles. The molecule has 0 fully saturated rings. The van der Waals surface area contributed by atoms with Crippen LogP contribution in [-0.4, -0.2) is 6.10 Å². The SMILES string of the molecule is C=C(C)[C@@H]1Oc2ccc3ccccc3c2/C1=C/c1ccc(Br)cc1. The van der Waals surface area contributed by atoms with Crippen molar-refractivity contribution in [3.05, 3.63) is 88.4 Å². The molecule has 0 aromatic heterocycles. The topological polar surface area (TPSA) is 9.23 Å². The molecule has 0 bridgehead atoms. The summed E-state index contributed by atoms with van der Waals surface area (Å²) in [5.74, 6) is 0.935. The van der Waals surface area contributed by atoms with E-state index in [-0.39, 0.29) is 6.10 Å². The second-order valence-corrected chi connectivity index (χ2v) is 7.07. The number of rotatable bonds is 2. The number of hydrogen-bond donors (Lipinski definition) is 0. The molecule has 0 aliphatic carbocycles. The lowest BCUT2D eigenvalue weighted by Crippen LogP contribution is -2.12. The third-order valence-corrected chi connectivity index (χ3v) is 4.88. The van der Waals surface area contributed by atoms with Crippen LogP contribution in [0.15, 0.2) is 77.3 Å². The van der Waals surface area contributed by atoms with Crippen LogP contribution in [0.4, 0.5) is 0 Å². The van der Waals surface area contributed by atoms with E-state index >= 15 is 0 Å². The van der Waals surface area contributed by atoms with Crippen LogP contribution in [0.5, 0.6) is 5.75 Å². The Bertz CT molecular complexity index is 967. The monoisotopic (exact) mass is 376 g/mol. The van der Waals surface area contributed by atoms with Crippen molar-refractivity contribution in [1.82, 2.24) is 0 Å². The van der Waals surface area contributed by atoms with Gasteiger partial charge in [-0.15, -0.1) is 0 Å². The van der Waals surface area contributed by atoms with Crippen molar-refractivity contribution in [2.75, 3.05) is 0 Å². The zero-order valence-electron chi connectivity index (χ0n) is 13.4. The van der Waals surface area contributed by atoms with Gasteiger partial charge in [-0.1, -0.05) is 65.0 Å². The van der Waals surface area contributed by atoms with Crippen molar-refractivity contribution in [1.29, 1.82) is 0 Å². The fourth-order valence-corrected chi connectivity index (χ4v) is 3.49. The molecule has 1 aliphatic rings. The normalized spacial score (nSPS) is 17.8. The fraction of sp³-hybridized carbons (Fsp3) is 0.0909. The number of halogens is 1. The minimum atomic E-state index is -0.102. The summed E-state index contributed by atoms with van der Waals surface area (Å²) in [7, 11) is 0. The molecule has 1 aliphatic heterocycles. The van der Waals surface area contributed by atoms with Crippen LogP contribution in [0.25, 0.3) is 22.4 Å². The predicted molar refractivity (Wildman–Crippen MR) is 105 cm³/mol. The van der Waals surface area contributed by atoms with E-state index in [0.717, 1.165) is 21.4 Å². The molecule has 118 valence electrons. The van der Waals surface area contributed by atoms with E-state index in [1.54, 1.807) is 0 Å². The Balaban J connectivity index is 1.95. The van der Waals surface area contributed by atoms with Crippen LogP contribution >= 0.6 is 15.9 Å². The van der Waals surface area contributed by atoms with Gasteiger partial charge in [0.05, 0.1) is 0 Å². The van der Waals surface area contributed by atoms with Gasteiger partial charge >= 0.3 is 0 Å². The first-order chi connectivity index (χ1) is 11.6. The maximum atomic E-state index is 6.21. The Labute approximate surface area is 150 Å². The van der Waals surface area contributed by atoms with Crippen molar-refractivity contribution in [3.63, 3.8) is 0 Å². The van der Waals surface area contributed by atoms with Gasteiger partial charge in [0.2, 0.25) is 0 Å². The first-order valence-corrected chi connectivity index (χ1v) is 8.74. The molecule has 0 unspecified atom stereocenters. The van der Waals surface area contributed by atoms with Gasteiger partial charge in [-0.05, 0) is 53.1 Å². The molecule has 1 heterocycles. The summed E-state index contributed by atoms with van der Waals surface area (Å²) in [6, 6.07) is 21.0. The minimum Gasteiger partial charge on any atom is -0.481 e. The second kappa shape index (κ2) is 5.95. The van der Waals surface area contributed by atoms with Crippen LogP contribution < -0.4 is 4.74 Å². The molecule has 4 rings (SSSR count). The smallest absolute Gasteiger partial charge is 0.145 e. The first-order valence-electron chi connectivity index (χ1n) is 7.95. The molecule has 1 atom stereocenters. The summed E-state index contributed by atoms with van der Waals surface area (Å²) in [5, 5.41) is 2.45. The van der Waals surface area contributed by atoms with Crippen LogP contribution in [-0.2, 0) is 0 Å². The first kappa shape index (κ1) is 15.2. The van der Waals surface area contributed by atoms with Crippen LogP contribution in [0.3, 0.4) is 0 Å². The highest BCUT2D eigenvalue weighted by atomic mass is 79.9. The predicted octanol–water partition coefficient (Wildman–Crippen LogP) is 6.48. The van der Waals surface area contributed by atoms with E-state index in [9.17, 15) is 0 Å².